The van der Waals surface area contributed by atoms with Gasteiger partial charge in [-0.2, -0.15) is 0 Å². The summed E-state index contributed by atoms with van der Waals surface area (Å²) >= 11 is 3.36. The molecule has 0 fully saturated rings. The van der Waals surface area contributed by atoms with Crippen LogP contribution >= 0.6 is 15.9 Å². The first-order valence-electron chi connectivity index (χ1n) is 8.45. The van der Waals surface area contributed by atoms with Crippen molar-refractivity contribution in [1.29, 1.82) is 0 Å². The van der Waals surface area contributed by atoms with Gasteiger partial charge in [-0.15, -0.1) is 5.10 Å². The molecule has 1 N–H and O–H groups in total. The number of benzene rings is 3. The molecule has 4 rings (SSSR count). The number of nitrogens with zero attached hydrogens (tertiary/aromatic N) is 3. The Labute approximate surface area is 169 Å². The van der Waals surface area contributed by atoms with Crippen molar-refractivity contribution in [1.82, 2.24) is 14.8 Å². The zero-order chi connectivity index (χ0) is 19.5. The number of aromatic nitrogens is 3. The number of amides is 1. The minimum absolute atomic E-state index is 0.0195. The summed E-state index contributed by atoms with van der Waals surface area (Å²) in [5.74, 6) is -0.304. The Balaban J connectivity index is 1.73. The third-order valence-corrected chi connectivity index (χ3v) is 4.54. The molecule has 1 heterocycles. The predicted molar refractivity (Wildman–Crippen MR) is 109 cm³/mol. The molecule has 0 aliphatic rings. The van der Waals surface area contributed by atoms with Crippen molar-refractivity contribution >= 4 is 27.5 Å². The molecule has 0 atom stereocenters. The largest absolute Gasteiger partial charge is 0.319 e. The van der Waals surface area contributed by atoms with Crippen molar-refractivity contribution in [3.05, 3.63) is 95.0 Å². The van der Waals surface area contributed by atoms with Crippen LogP contribution in [0.2, 0.25) is 0 Å². The Bertz CT molecular complexity index is 1110. The van der Waals surface area contributed by atoms with Crippen molar-refractivity contribution in [2.24, 2.45) is 0 Å². The maximum Gasteiger partial charge on any atom is 0.295 e. The number of rotatable bonds is 4. The lowest BCUT2D eigenvalue weighted by atomic mass is 10.2. The van der Waals surface area contributed by atoms with E-state index in [0.29, 0.717) is 17.1 Å². The van der Waals surface area contributed by atoms with Crippen LogP contribution in [0.15, 0.2) is 83.3 Å². The van der Waals surface area contributed by atoms with Crippen LogP contribution in [0.4, 0.5) is 10.1 Å². The molecule has 0 saturated heterocycles. The zero-order valence-corrected chi connectivity index (χ0v) is 16.1. The van der Waals surface area contributed by atoms with E-state index in [2.05, 4.69) is 31.3 Å². The first kappa shape index (κ1) is 18.1. The monoisotopic (exact) mass is 436 g/mol. The minimum atomic E-state index is -0.430. The second-order valence-corrected chi connectivity index (χ2v) is 6.89. The van der Waals surface area contributed by atoms with Gasteiger partial charge in [0.1, 0.15) is 5.82 Å². The molecule has 0 saturated carbocycles. The van der Waals surface area contributed by atoms with E-state index in [1.165, 1.54) is 12.1 Å². The minimum Gasteiger partial charge on any atom is -0.319 e. The van der Waals surface area contributed by atoms with E-state index in [4.69, 9.17) is 0 Å². The van der Waals surface area contributed by atoms with Gasteiger partial charge in [0.25, 0.3) is 5.91 Å². The van der Waals surface area contributed by atoms with Crippen LogP contribution in [0.5, 0.6) is 0 Å². The maximum atomic E-state index is 13.3. The van der Waals surface area contributed by atoms with Crippen LogP contribution in [-0.4, -0.2) is 20.7 Å². The molecular formula is C21H14BrFN4O. The number of anilines is 1. The van der Waals surface area contributed by atoms with Crippen molar-refractivity contribution in [3.63, 3.8) is 0 Å². The standard InChI is InChI=1S/C21H14BrFN4O/c22-15-8-12-17(13-9-15)24-21(28)19-25-20(14-6-10-16(23)11-7-14)27(26-19)18-4-2-1-3-5-18/h1-13H,(H,24,28). The lowest BCUT2D eigenvalue weighted by molar-refractivity contribution is 0.101. The SMILES string of the molecule is O=C(Nc1ccc(Br)cc1)c1nc(-c2ccc(F)cc2)n(-c2ccccc2)n1. The van der Waals surface area contributed by atoms with Gasteiger partial charge >= 0.3 is 0 Å². The Morgan fingerprint density at radius 2 is 1.61 bits per heavy atom. The molecule has 0 aliphatic carbocycles. The molecule has 1 amide bonds. The normalized spacial score (nSPS) is 10.6. The van der Waals surface area contributed by atoms with Gasteiger partial charge in [0.2, 0.25) is 5.82 Å². The molecule has 7 heteroatoms. The Kier molecular flexibility index (Phi) is 4.99. The zero-order valence-electron chi connectivity index (χ0n) is 14.5. The number of carbonyl (C=O) groups excluding carboxylic acids is 1. The maximum absolute atomic E-state index is 13.3. The highest BCUT2D eigenvalue weighted by atomic mass is 79.9. The summed E-state index contributed by atoms with van der Waals surface area (Å²) in [5.41, 5.74) is 2.03. The van der Waals surface area contributed by atoms with Crippen LogP contribution in [0.1, 0.15) is 10.6 Å². The van der Waals surface area contributed by atoms with E-state index < -0.39 is 5.91 Å². The molecule has 0 bridgehead atoms. The van der Waals surface area contributed by atoms with Crippen molar-refractivity contribution in [2.45, 2.75) is 0 Å². The van der Waals surface area contributed by atoms with Crippen LogP contribution in [0, 0.1) is 5.82 Å². The lowest BCUT2D eigenvalue weighted by Crippen LogP contribution is -2.14. The molecule has 0 aliphatic heterocycles. The van der Waals surface area contributed by atoms with Gasteiger partial charge in [0.15, 0.2) is 5.82 Å². The van der Waals surface area contributed by atoms with E-state index in [1.807, 2.05) is 42.5 Å². The summed E-state index contributed by atoms with van der Waals surface area (Å²) in [4.78, 5) is 17.1. The number of carbonyl (C=O) groups is 1. The summed E-state index contributed by atoms with van der Waals surface area (Å²) in [6.45, 7) is 0. The molecule has 1 aromatic heterocycles. The first-order chi connectivity index (χ1) is 13.6. The van der Waals surface area contributed by atoms with Crippen molar-refractivity contribution < 1.29 is 9.18 Å². The summed E-state index contributed by atoms with van der Waals surface area (Å²) in [6, 6.07) is 22.5. The van der Waals surface area contributed by atoms with E-state index in [0.717, 1.165) is 10.2 Å². The smallest absolute Gasteiger partial charge is 0.295 e. The van der Waals surface area contributed by atoms with Crippen LogP contribution in [0.25, 0.3) is 17.1 Å². The van der Waals surface area contributed by atoms with E-state index >= 15 is 0 Å². The fourth-order valence-corrected chi connectivity index (χ4v) is 2.93. The third kappa shape index (κ3) is 3.84. The first-order valence-corrected chi connectivity index (χ1v) is 9.25. The van der Waals surface area contributed by atoms with Gasteiger partial charge in [-0.05, 0) is 60.7 Å². The Hall–Kier alpha value is -3.32. The predicted octanol–water partition coefficient (Wildman–Crippen LogP) is 5.09. The molecule has 0 unspecified atom stereocenters. The summed E-state index contributed by atoms with van der Waals surface area (Å²) in [5, 5.41) is 7.16. The number of hydrogen-bond donors (Lipinski definition) is 1. The Morgan fingerprint density at radius 1 is 0.929 bits per heavy atom. The van der Waals surface area contributed by atoms with Crippen LogP contribution in [0.3, 0.4) is 0 Å². The molecule has 0 radical (unpaired) electrons. The van der Waals surface area contributed by atoms with Crippen molar-refractivity contribution in [3.8, 4) is 17.1 Å². The fraction of sp³-hybridized carbons (Fsp3) is 0. The number of hydrogen-bond acceptors (Lipinski definition) is 3. The average molecular weight is 437 g/mol. The van der Waals surface area contributed by atoms with E-state index in [1.54, 1.807) is 28.9 Å². The quantitative estimate of drug-likeness (QED) is 0.484. The highest BCUT2D eigenvalue weighted by Crippen LogP contribution is 2.22. The average Bonchev–Trinajstić information content (AvgIpc) is 3.16. The highest BCUT2D eigenvalue weighted by molar-refractivity contribution is 9.10. The van der Waals surface area contributed by atoms with Crippen LogP contribution < -0.4 is 5.32 Å². The molecule has 5 nitrogen and oxygen atoms in total. The molecule has 28 heavy (non-hydrogen) atoms. The molecular weight excluding hydrogens is 423 g/mol. The topological polar surface area (TPSA) is 59.8 Å². The van der Waals surface area contributed by atoms with Crippen molar-refractivity contribution in [2.75, 3.05) is 5.32 Å². The molecule has 138 valence electrons. The third-order valence-electron chi connectivity index (χ3n) is 4.02. The summed E-state index contributed by atoms with van der Waals surface area (Å²) in [6.07, 6.45) is 0. The second-order valence-electron chi connectivity index (χ2n) is 5.97. The fourth-order valence-electron chi connectivity index (χ4n) is 2.66. The lowest BCUT2D eigenvalue weighted by Gasteiger charge is -2.05. The van der Waals surface area contributed by atoms with E-state index in [-0.39, 0.29) is 11.6 Å². The van der Waals surface area contributed by atoms with Gasteiger partial charge in [-0.25, -0.2) is 14.1 Å². The number of para-hydroxylation sites is 1. The molecule has 0 spiro atoms. The number of halogens is 2. The molecule has 3 aromatic carbocycles. The Morgan fingerprint density at radius 3 is 2.29 bits per heavy atom. The second kappa shape index (κ2) is 7.74. The van der Waals surface area contributed by atoms with Crippen LogP contribution in [-0.2, 0) is 0 Å². The number of nitrogens with one attached hydrogen (secondary N) is 1. The highest BCUT2D eigenvalue weighted by Gasteiger charge is 2.19. The van der Waals surface area contributed by atoms with Gasteiger partial charge in [0, 0.05) is 15.7 Å². The summed E-state index contributed by atoms with van der Waals surface area (Å²) < 4.78 is 15.8. The van der Waals surface area contributed by atoms with Gasteiger partial charge in [-0.3, -0.25) is 4.79 Å². The summed E-state index contributed by atoms with van der Waals surface area (Å²) in [7, 11) is 0. The van der Waals surface area contributed by atoms with Gasteiger partial charge < -0.3 is 5.32 Å². The van der Waals surface area contributed by atoms with Gasteiger partial charge in [-0.1, -0.05) is 34.1 Å². The van der Waals surface area contributed by atoms with E-state index in [9.17, 15) is 9.18 Å². The van der Waals surface area contributed by atoms with Gasteiger partial charge in [0.05, 0.1) is 5.69 Å². The molecule has 4 aromatic rings.